The molecule has 0 aromatic heterocycles. The van der Waals surface area contributed by atoms with Crippen molar-refractivity contribution in [3.63, 3.8) is 0 Å². The average molecular weight is 186 g/mol. The number of hydrogen-bond donors (Lipinski definition) is 1. The fourth-order valence-corrected chi connectivity index (χ4v) is 0.727. The highest BCUT2D eigenvalue weighted by Gasteiger charge is 2.22. The first-order chi connectivity index (χ1) is 5.97. The summed E-state index contributed by atoms with van der Waals surface area (Å²) in [6.07, 6.45) is -4.49. The number of aromatic hydroxyl groups is 1. The number of halogens is 3. The van der Waals surface area contributed by atoms with Gasteiger partial charge in [0.1, 0.15) is 5.75 Å². The molecule has 0 radical (unpaired) electrons. The Balaban J connectivity index is 2.90. The molecule has 0 atom stereocenters. The van der Waals surface area contributed by atoms with Crippen LogP contribution in [0.3, 0.4) is 0 Å². The van der Waals surface area contributed by atoms with Crippen molar-refractivity contribution < 1.29 is 18.3 Å². The summed E-state index contributed by atoms with van der Waals surface area (Å²) in [4.78, 5) is 0. The summed E-state index contributed by atoms with van der Waals surface area (Å²) in [6.45, 7) is 0. The summed E-state index contributed by atoms with van der Waals surface area (Å²) in [5, 5.41) is 8.89. The van der Waals surface area contributed by atoms with Crippen LogP contribution >= 0.6 is 0 Å². The summed E-state index contributed by atoms with van der Waals surface area (Å²) in [6, 6.07) is 5.34. The fourth-order valence-electron chi connectivity index (χ4n) is 0.727. The highest BCUT2D eigenvalue weighted by Crippen LogP contribution is 2.14. The molecular weight excluding hydrogens is 181 g/mol. The van der Waals surface area contributed by atoms with Gasteiger partial charge in [-0.05, 0) is 18.2 Å². The quantitative estimate of drug-likeness (QED) is 0.616. The van der Waals surface area contributed by atoms with E-state index in [1.807, 2.05) is 5.92 Å². The van der Waals surface area contributed by atoms with Crippen LogP contribution in [0, 0.1) is 11.8 Å². The lowest BCUT2D eigenvalue weighted by Crippen LogP contribution is -2.01. The smallest absolute Gasteiger partial charge is 0.458 e. The van der Waals surface area contributed by atoms with Gasteiger partial charge in [-0.2, -0.15) is 13.2 Å². The Bertz CT molecular complexity index is 357. The third kappa shape index (κ3) is 3.52. The molecule has 0 aliphatic rings. The first-order valence-electron chi connectivity index (χ1n) is 3.36. The van der Waals surface area contributed by atoms with Gasteiger partial charge in [0, 0.05) is 11.5 Å². The van der Waals surface area contributed by atoms with Gasteiger partial charge in [-0.15, -0.1) is 0 Å². The van der Waals surface area contributed by atoms with Crippen LogP contribution in [0.1, 0.15) is 5.56 Å². The number of hydrogen-bond acceptors (Lipinski definition) is 1. The van der Waals surface area contributed by atoms with Gasteiger partial charge >= 0.3 is 6.18 Å². The highest BCUT2D eigenvalue weighted by molar-refractivity contribution is 5.39. The first-order valence-corrected chi connectivity index (χ1v) is 3.36. The second-order valence-electron chi connectivity index (χ2n) is 2.30. The third-order valence-corrected chi connectivity index (χ3v) is 1.19. The molecule has 13 heavy (non-hydrogen) atoms. The normalized spacial score (nSPS) is 10.4. The fraction of sp³-hybridized carbons (Fsp3) is 0.111. The average Bonchev–Trinajstić information content (AvgIpc) is 2.00. The highest BCUT2D eigenvalue weighted by atomic mass is 19.4. The van der Waals surface area contributed by atoms with Gasteiger partial charge in [-0.1, -0.05) is 12.0 Å². The largest absolute Gasteiger partial charge is 0.508 e. The lowest BCUT2D eigenvalue weighted by atomic mass is 10.2. The molecule has 0 amide bonds. The standard InChI is InChI=1S/C9H5F3O/c10-9(11,12)5-4-7-2-1-3-8(13)6-7/h1-3,6,13H. The van der Waals surface area contributed by atoms with Crippen LogP contribution in [0.2, 0.25) is 0 Å². The van der Waals surface area contributed by atoms with Gasteiger partial charge in [0.2, 0.25) is 0 Å². The maximum Gasteiger partial charge on any atom is 0.458 e. The number of rotatable bonds is 0. The topological polar surface area (TPSA) is 20.2 Å². The molecule has 0 aliphatic heterocycles. The van der Waals surface area contributed by atoms with Gasteiger partial charge in [0.05, 0.1) is 0 Å². The Morgan fingerprint density at radius 3 is 2.46 bits per heavy atom. The van der Waals surface area contributed by atoms with Crippen LogP contribution < -0.4 is 0 Å². The molecular formula is C9H5F3O. The maximum atomic E-state index is 11.6. The molecule has 1 aromatic rings. The first kappa shape index (κ1) is 9.46. The van der Waals surface area contributed by atoms with Crippen molar-refractivity contribution in [2.24, 2.45) is 0 Å². The van der Waals surface area contributed by atoms with Crippen molar-refractivity contribution in [2.75, 3.05) is 0 Å². The van der Waals surface area contributed by atoms with Gasteiger partial charge in [-0.3, -0.25) is 0 Å². The van der Waals surface area contributed by atoms with Crippen LogP contribution in [-0.2, 0) is 0 Å². The number of phenols is 1. The molecule has 0 heterocycles. The molecule has 0 aliphatic carbocycles. The third-order valence-electron chi connectivity index (χ3n) is 1.19. The van der Waals surface area contributed by atoms with Crippen LogP contribution in [0.25, 0.3) is 0 Å². The zero-order valence-electron chi connectivity index (χ0n) is 6.39. The number of alkyl halides is 3. The van der Waals surface area contributed by atoms with Crippen LogP contribution in [0.5, 0.6) is 5.75 Å². The van der Waals surface area contributed by atoms with E-state index in [1.165, 1.54) is 24.3 Å². The SMILES string of the molecule is Oc1cccc(C#CC(F)(F)F)c1. The summed E-state index contributed by atoms with van der Waals surface area (Å²) >= 11 is 0. The van der Waals surface area contributed by atoms with Gasteiger partial charge in [0.15, 0.2) is 0 Å². The molecule has 68 valence electrons. The van der Waals surface area contributed by atoms with E-state index in [0.29, 0.717) is 0 Å². The van der Waals surface area contributed by atoms with Crippen LogP contribution in [0.15, 0.2) is 24.3 Å². The molecule has 1 aromatic carbocycles. The molecule has 0 fully saturated rings. The molecule has 1 rings (SSSR count). The van der Waals surface area contributed by atoms with Crippen LogP contribution in [0.4, 0.5) is 13.2 Å². The summed E-state index contributed by atoms with van der Waals surface area (Å²) in [5.41, 5.74) is 0.136. The molecule has 4 heteroatoms. The van der Waals surface area contributed by atoms with Crippen molar-refractivity contribution >= 4 is 0 Å². The molecule has 0 saturated carbocycles. The van der Waals surface area contributed by atoms with Crippen molar-refractivity contribution in [2.45, 2.75) is 6.18 Å². The van der Waals surface area contributed by atoms with Gasteiger partial charge in [0.25, 0.3) is 0 Å². The monoisotopic (exact) mass is 186 g/mol. The van der Waals surface area contributed by atoms with Crippen molar-refractivity contribution in [3.05, 3.63) is 29.8 Å². The zero-order valence-corrected chi connectivity index (χ0v) is 6.39. The second kappa shape index (κ2) is 3.40. The Kier molecular flexibility index (Phi) is 2.47. The van der Waals surface area contributed by atoms with Gasteiger partial charge < -0.3 is 5.11 Å². The zero-order chi connectivity index (χ0) is 9.90. The lowest BCUT2D eigenvalue weighted by molar-refractivity contribution is -0.0696. The Labute approximate surface area is 72.8 Å². The van der Waals surface area contributed by atoms with Crippen molar-refractivity contribution in [1.82, 2.24) is 0 Å². The van der Waals surface area contributed by atoms with E-state index < -0.39 is 6.18 Å². The molecule has 0 bridgehead atoms. The minimum Gasteiger partial charge on any atom is -0.508 e. The van der Waals surface area contributed by atoms with Gasteiger partial charge in [-0.25, -0.2) is 0 Å². The Hall–Kier alpha value is -1.63. The predicted molar refractivity (Wildman–Crippen MR) is 41.0 cm³/mol. The minimum absolute atomic E-state index is 0.103. The molecule has 1 N–H and O–H groups in total. The lowest BCUT2D eigenvalue weighted by Gasteiger charge is -1.93. The molecule has 0 spiro atoms. The van der Waals surface area contributed by atoms with Crippen molar-refractivity contribution in [3.8, 4) is 17.6 Å². The maximum absolute atomic E-state index is 11.6. The predicted octanol–water partition coefficient (Wildman–Crippen LogP) is 2.31. The number of benzene rings is 1. The Morgan fingerprint density at radius 1 is 1.23 bits per heavy atom. The summed E-state index contributed by atoms with van der Waals surface area (Å²) < 4.78 is 34.8. The molecule has 1 nitrogen and oxygen atoms in total. The van der Waals surface area contributed by atoms with E-state index in [9.17, 15) is 13.2 Å². The van der Waals surface area contributed by atoms with E-state index in [0.717, 1.165) is 5.92 Å². The summed E-state index contributed by atoms with van der Waals surface area (Å²) in [7, 11) is 0. The molecule has 0 saturated heterocycles. The van der Waals surface area contributed by atoms with Crippen LogP contribution in [-0.4, -0.2) is 11.3 Å². The van der Waals surface area contributed by atoms with E-state index in [4.69, 9.17) is 5.11 Å². The Morgan fingerprint density at radius 2 is 1.92 bits per heavy atom. The molecule has 0 unspecified atom stereocenters. The van der Waals surface area contributed by atoms with E-state index in [2.05, 4.69) is 0 Å². The van der Waals surface area contributed by atoms with E-state index in [1.54, 1.807) is 0 Å². The minimum atomic E-state index is -4.49. The second-order valence-corrected chi connectivity index (χ2v) is 2.30. The van der Waals surface area contributed by atoms with E-state index in [-0.39, 0.29) is 11.3 Å². The summed E-state index contributed by atoms with van der Waals surface area (Å²) in [5.74, 6) is 2.89. The number of phenolic OH excluding ortho intramolecular Hbond substituents is 1. The van der Waals surface area contributed by atoms with E-state index >= 15 is 0 Å². The van der Waals surface area contributed by atoms with Crippen molar-refractivity contribution in [1.29, 1.82) is 0 Å².